The highest BCUT2D eigenvalue weighted by molar-refractivity contribution is 6.00. The first kappa shape index (κ1) is 20.7. The molecule has 0 bridgehead atoms. The molecule has 8 heteroatoms. The van der Waals surface area contributed by atoms with E-state index >= 15 is 0 Å². The molecule has 0 radical (unpaired) electrons. The van der Waals surface area contributed by atoms with Crippen molar-refractivity contribution in [2.24, 2.45) is 13.0 Å². The van der Waals surface area contributed by atoms with Crippen LogP contribution in [0.25, 0.3) is 10.9 Å². The number of anilines is 1. The lowest BCUT2D eigenvalue weighted by molar-refractivity contribution is -0.137. The van der Waals surface area contributed by atoms with Crippen LogP contribution in [0, 0.1) is 5.92 Å². The number of halogens is 3. The molecule has 1 aromatic heterocycles. The Balaban J connectivity index is 1.73. The van der Waals surface area contributed by atoms with Gasteiger partial charge in [0, 0.05) is 19.0 Å². The first-order valence-corrected chi connectivity index (χ1v) is 9.29. The van der Waals surface area contributed by atoms with Crippen molar-refractivity contribution in [3.05, 3.63) is 59.3 Å². The predicted molar refractivity (Wildman–Crippen MR) is 107 cm³/mol. The summed E-state index contributed by atoms with van der Waals surface area (Å²) in [6.45, 7) is 4.02. The van der Waals surface area contributed by atoms with Gasteiger partial charge in [-0.3, -0.25) is 4.68 Å². The number of aryl methyl sites for hydroxylation is 1. The molecule has 0 unspecified atom stereocenters. The molecule has 0 aliphatic heterocycles. The molecule has 29 heavy (non-hydrogen) atoms. The van der Waals surface area contributed by atoms with E-state index in [1.807, 2.05) is 33.0 Å². The van der Waals surface area contributed by atoms with Crippen LogP contribution in [0.5, 0.6) is 0 Å². The zero-order valence-corrected chi connectivity index (χ0v) is 16.5. The van der Waals surface area contributed by atoms with Gasteiger partial charge in [-0.1, -0.05) is 26.0 Å². The molecule has 3 aromatic rings. The fraction of sp³-hybridized carbons (Fsp3) is 0.333. The average molecular weight is 404 g/mol. The number of amides is 2. The maximum absolute atomic E-state index is 13.0. The molecule has 2 aromatic carbocycles. The van der Waals surface area contributed by atoms with E-state index in [0.29, 0.717) is 23.2 Å². The quantitative estimate of drug-likeness (QED) is 0.621. The van der Waals surface area contributed by atoms with E-state index in [1.165, 1.54) is 12.1 Å². The van der Waals surface area contributed by atoms with Gasteiger partial charge in [-0.05, 0) is 47.7 Å². The van der Waals surface area contributed by atoms with Crippen molar-refractivity contribution in [3.63, 3.8) is 0 Å². The average Bonchev–Trinajstić information content (AvgIpc) is 3.01. The number of fused-ring (bicyclic) bond motifs is 1. The molecule has 0 spiro atoms. The third-order valence-electron chi connectivity index (χ3n) is 4.64. The molecule has 154 valence electrons. The first-order chi connectivity index (χ1) is 13.6. The van der Waals surface area contributed by atoms with E-state index in [1.54, 1.807) is 16.9 Å². The third kappa shape index (κ3) is 4.88. The topological polar surface area (TPSA) is 59.0 Å². The number of aromatic nitrogens is 2. The molecule has 0 aliphatic carbocycles. The first-order valence-electron chi connectivity index (χ1n) is 9.29. The van der Waals surface area contributed by atoms with Crippen molar-refractivity contribution in [2.45, 2.75) is 33.0 Å². The van der Waals surface area contributed by atoms with Crippen molar-refractivity contribution in [3.8, 4) is 0 Å². The molecule has 0 atom stereocenters. The summed E-state index contributed by atoms with van der Waals surface area (Å²) in [4.78, 5) is 12.4. The third-order valence-corrected chi connectivity index (χ3v) is 4.64. The summed E-state index contributed by atoms with van der Waals surface area (Å²) in [5.41, 5.74) is 2.07. The minimum absolute atomic E-state index is 0.134. The van der Waals surface area contributed by atoms with Gasteiger partial charge in [-0.25, -0.2) is 4.79 Å². The van der Waals surface area contributed by atoms with Gasteiger partial charge in [0.2, 0.25) is 0 Å². The van der Waals surface area contributed by atoms with Gasteiger partial charge in [0.1, 0.15) is 0 Å². The van der Waals surface area contributed by atoms with Crippen LogP contribution >= 0.6 is 0 Å². The Morgan fingerprint density at radius 3 is 2.62 bits per heavy atom. The van der Waals surface area contributed by atoms with Crippen molar-refractivity contribution in [1.82, 2.24) is 15.1 Å². The Morgan fingerprint density at radius 1 is 1.17 bits per heavy atom. The van der Waals surface area contributed by atoms with E-state index in [-0.39, 0.29) is 12.5 Å². The van der Waals surface area contributed by atoms with Crippen LogP contribution in [0.1, 0.15) is 30.5 Å². The Kier molecular flexibility index (Phi) is 5.81. The number of carbonyl (C=O) groups is 1. The molecule has 3 rings (SSSR count). The van der Waals surface area contributed by atoms with Gasteiger partial charge in [0.05, 0.1) is 23.0 Å². The molecule has 0 saturated heterocycles. The van der Waals surface area contributed by atoms with Crippen LogP contribution in [-0.4, -0.2) is 15.8 Å². The summed E-state index contributed by atoms with van der Waals surface area (Å²) in [5, 5.41) is 10.5. The molecular formula is C21H23F3N4O. The molecule has 5 nitrogen and oxygen atoms in total. The van der Waals surface area contributed by atoms with Crippen LogP contribution in [-0.2, 0) is 26.2 Å². The maximum atomic E-state index is 13.0. The highest BCUT2D eigenvalue weighted by Crippen LogP contribution is 2.31. The van der Waals surface area contributed by atoms with Gasteiger partial charge in [-0.15, -0.1) is 0 Å². The summed E-state index contributed by atoms with van der Waals surface area (Å²) >= 11 is 0. The lowest BCUT2D eigenvalue weighted by Crippen LogP contribution is -2.28. The molecule has 0 saturated carbocycles. The lowest BCUT2D eigenvalue weighted by Gasteiger charge is -2.16. The summed E-state index contributed by atoms with van der Waals surface area (Å²) in [5.74, 6) is 0.189. The molecule has 1 heterocycles. The van der Waals surface area contributed by atoms with Crippen LogP contribution in [0.2, 0.25) is 0 Å². The van der Waals surface area contributed by atoms with Crippen molar-refractivity contribution in [1.29, 1.82) is 0 Å². The minimum Gasteiger partial charge on any atom is -0.334 e. The number of carbonyl (C=O) groups excluding carboxylic acids is 1. The number of benzene rings is 2. The van der Waals surface area contributed by atoms with Gasteiger partial charge in [-0.2, -0.15) is 18.3 Å². The van der Waals surface area contributed by atoms with Gasteiger partial charge < -0.3 is 10.6 Å². The summed E-state index contributed by atoms with van der Waals surface area (Å²) < 4.78 is 40.8. The van der Waals surface area contributed by atoms with E-state index in [2.05, 4.69) is 15.7 Å². The summed E-state index contributed by atoms with van der Waals surface area (Å²) in [6, 6.07) is 8.70. The van der Waals surface area contributed by atoms with E-state index < -0.39 is 17.8 Å². The second-order valence-corrected chi connectivity index (χ2v) is 7.39. The van der Waals surface area contributed by atoms with Crippen molar-refractivity contribution >= 4 is 22.6 Å². The van der Waals surface area contributed by atoms with Crippen molar-refractivity contribution < 1.29 is 18.0 Å². The van der Waals surface area contributed by atoms with Gasteiger partial charge >= 0.3 is 12.2 Å². The van der Waals surface area contributed by atoms with Crippen LogP contribution in [0.3, 0.4) is 0 Å². The molecule has 0 aliphatic rings. The number of nitrogens with one attached hydrogen (secondary N) is 2. The Bertz CT molecular complexity index is 1020. The van der Waals surface area contributed by atoms with Crippen molar-refractivity contribution in [2.75, 3.05) is 5.32 Å². The fourth-order valence-corrected chi connectivity index (χ4v) is 3.23. The summed E-state index contributed by atoms with van der Waals surface area (Å²) in [6.07, 6.45) is -2.23. The van der Waals surface area contributed by atoms with Gasteiger partial charge in [0.15, 0.2) is 0 Å². The highest BCUT2D eigenvalue weighted by Gasteiger charge is 2.31. The van der Waals surface area contributed by atoms with Crippen LogP contribution in [0.15, 0.2) is 42.6 Å². The van der Waals surface area contributed by atoms with Crippen LogP contribution in [0.4, 0.5) is 23.7 Å². The maximum Gasteiger partial charge on any atom is 0.416 e. The molecule has 2 N–H and O–H groups in total. The zero-order valence-electron chi connectivity index (χ0n) is 16.5. The Morgan fingerprint density at radius 2 is 1.93 bits per heavy atom. The monoisotopic (exact) mass is 404 g/mol. The van der Waals surface area contributed by atoms with Gasteiger partial charge in [0.25, 0.3) is 0 Å². The highest BCUT2D eigenvalue weighted by atomic mass is 19.4. The number of urea groups is 1. The predicted octanol–water partition coefficient (Wildman–Crippen LogP) is 5.11. The zero-order chi connectivity index (χ0) is 21.2. The smallest absolute Gasteiger partial charge is 0.334 e. The Hall–Kier alpha value is -3.03. The molecule has 0 fully saturated rings. The number of hydrogen-bond donors (Lipinski definition) is 2. The number of alkyl halides is 3. The largest absolute Gasteiger partial charge is 0.416 e. The second kappa shape index (κ2) is 8.14. The number of rotatable bonds is 5. The number of hydrogen-bond acceptors (Lipinski definition) is 2. The van der Waals surface area contributed by atoms with E-state index in [0.717, 1.165) is 17.0 Å². The van der Waals surface area contributed by atoms with E-state index in [4.69, 9.17) is 0 Å². The normalized spacial score (nSPS) is 11.8. The lowest BCUT2D eigenvalue weighted by atomic mass is 9.95. The SMILES string of the molecule is CC(C)Cc1cc(C(F)(F)F)ccc1CNC(=O)Nc1cccc2c1cnn2C. The fourth-order valence-electron chi connectivity index (χ4n) is 3.23. The standard InChI is InChI=1S/C21H23F3N4O/c1-13(2)9-15-10-16(21(22,23)24)8-7-14(15)11-25-20(29)27-18-5-4-6-19-17(18)12-26-28(19)3/h4-8,10,12-13H,9,11H2,1-3H3,(H2,25,27,29). The summed E-state index contributed by atoms with van der Waals surface area (Å²) in [7, 11) is 1.81. The van der Waals surface area contributed by atoms with Crippen LogP contribution < -0.4 is 10.6 Å². The second-order valence-electron chi connectivity index (χ2n) is 7.39. The minimum atomic E-state index is -4.39. The molecule has 2 amide bonds. The van der Waals surface area contributed by atoms with E-state index in [9.17, 15) is 18.0 Å². The number of nitrogens with zero attached hydrogens (tertiary/aromatic N) is 2. The Labute approximate surface area is 166 Å². The molecular weight excluding hydrogens is 381 g/mol.